The average Bonchev–Trinajstić information content (AvgIpc) is 2.42. The van der Waals surface area contributed by atoms with E-state index in [0.29, 0.717) is 18.9 Å². The molecule has 0 spiro atoms. The summed E-state index contributed by atoms with van der Waals surface area (Å²) in [4.78, 5) is 6.18. The van der Waals surface area contributed by atoms with Crippen molar-refractivity contribution in [2.75, 3.05) is 45.4 Å². The van der Waals surface area contributed by atoms with E-state index >= 15 is 0 Å². The Morgan fingerprint density at radius 2 is 2.06 bits per heavy atom. The van der Waals surface area contributed by atoms with Crippen molar-refractivity contribution in [1.82, 2.24) is 4.98 Å². The number of anilines is 1. The molecule has 0 aliphatic heterocycles. The van der Waals surface area contributed by atoms with Crippen LogP contribution in [0.5, 0.6) is 0 Å². The molecule has 0 N–H and O–H groups in total. The van der Waals surface area contributed by atoms with Gasteiger partial charge in [0.05, 0.1) is 12.3 Å². The van der Waals surface area contributed by atoms with Crippen molar-refractivity contribution in [3.63, 3.8) is 0 Å². The summed E-state index contributed by atoms with van der Waals surface area (Å²) < 4.78 is 10.1. The van der Waals surface area contributed by atoms with Gasteiger partial charge in [-0.15, -0.1) is 0 Å². The molecule has 0 atom stereocenters. The summed E-state index contributed by atoms with van der Waals surface area (Å²) in [5, 5.41) is 9.07. The van der Waals surface area contributed by atoms with E-state index in [1.807, 2.05) is 12.1 Å². The predicted octanol–water partition coefficient (Wildman–Crippen LogP) is 1.44. The molecule has 1 heterocycles. The highest BCUT2D eigenvalue weighted by molar-refractivity contribution is 5.55. The molecule has 0 unspecified atom stereocenters. The molecular formula is C13H19N3O2. The fourth-order valence-electron chi connectivity index (χ4n) is 1.69. The second-order valence-electron chi connectivity index (χ2n) is 3.81. The summed E-state index contributed by atoms with van der Waals surface area (Å²) in [5.41, 5.74) is 1.30. The monoisotopic (exact) mass is 249 g/mol. The number of aromatic nitrogens is 1. The van der Waals surface area contributed by atoms with Gasteiger partial charge in [-0.1, -0.05) is 0 Å². The molecule has 0 aromatic carbocycles. The van der Waals surface area contributed by atoms with Crippen LogP contribution < -0.4 is 4.90 Å². The number of methoxy groups -OCH3 is 2. The number of pyridine rings is 1. The smallest absolute Gasteiger partial charge is 0.163 e. The summed E-state index contributed by atoms with van der Waals surface area (Å²) >= 11 is 0. The Balaban J connectivity index is 2.77. The van der Waals surface area contributed by atoms with E-state index in [0.717, 1.165) is 25.2 Å². The normalized spacial score (nSPS) is 10.1. The van der Waals surface area contributed by atoms with Crippen molar-refractivity contribution < 1.29 is 9.47 Å². The van der Waals surface area contributed by atoms with E-state index in [2.05, 4.69) is 16.0 Å². The van der Waals surface area contributed by atoms with Gasteiger partial charge in [0, 0.05) is 40.1 Å². The van der Waals surface area contributed by atoms with Gasteiger partial charge in [0.25, 0.3) is 0 Å². The van der Waals surface area contributed by atoms with Crippen LogP contribution in [0.4, 0.5) is 5.69 Å². The third-order valence-electron chi connectivity index (χ3n) is 2.57. The van der Waals surface area contributed by atoms with E-state index in [4.69, 9.17) is 14.7 Å². The van der Waals surface area contributed by atoms with Crippen molar-refractivity contribution in [1.29, 1.82) is 5.26 Å². The first-order valence-electron chi connectivity index (χ1n) is 5.91. The first-order valence-corrected chi connectivity index (χ1v) is 5.91. The number of nitriles is 1. The maximum Gasteiger partial charge on any atom is 0.163 e. The Bertz CT molecular complexity index is 390. The topological polar surface area (TPSA) is 58.4 Å². The molecule has 1 aromatic heterocycles. The van der Waals surface area contributed by atoms with Gasteiger partial charge in [-0.2, -0.15) is 5.26 Å². The van der Waals surface area contributed by atoms with Crippen molar-refractivity contribution >= 4 is 5.69 Å². The maximum atomic E-state index is 9.07. The van der Waals surface area contributed by atoms with Crippen molar-refractivity contribution in [3.05, 3.63) is 24.0 Å². The van der Waals surface area contributed by atoms with Crippen molar-refractivity contribution in [2.45, 2.75) is 6.42 Å². The van der Waals surface area contributed by atoms with E-state index < -0.39 is 0 Å². The molecule has 98 valence electrons. The lowest BCUT2D eigenvalue weighted by atomic mass is 10.2. The minimum Gasteiger partial charge on any atom is -0.385 e. The van der Waals surface area contributed by atoms with Crippen LogP contribution in [0.2, 0.25) is 0 Å². The van der Waals surface area contributed by atoms with Gasteiger partial charge in [-0.3, -0.25) is 0 Å². The zero-order valence-electron chi connectivity index (χ0n) is 10.9. The first kappa shape index (κ1) is 14.4. The molecule has 0 aliphatic rings. The fraction of sp³-hybridized carbons (Fsp3) is 0.538. The van der Waals surface area contributed by atoms with Crippen molar-refractivity contribution in [3.8, 4) is 6.07 Å². The Labute approximate surface area is 108 Å². The molecule has 5 heteroatoms. The number of ether oxygens (including phenoxy) is 2. The summed E-state index contributed by atoms with van der Waals surface area (Å²) in [6.45, 7) is 2.87. The zero-order valence-corrected chi connectivity index (χ0v) is 10.9. The average molecular weight is 249 g/mol. The third-order valence-corrected chi connectivity index (χ3v) is 2.57. The lowest BCUT2D eigenvalue weighted by Gasteiger charge is -2.24. The van der Waals surface area contributed by atoms with Crippen LogP contribution in [-0.2, 0) is 9.47 Å². The lowest BCUT2D eigenvalue weighted by Crippen LogP contribution is -2.29. The highest BCUT2D eigenvalue weighted by Gasteiger charge is 2.11. The predicted molar refractivity (Wildman–Crippen MR) is 69.5 cm³/mol. The van der Waals surface area contributed by atoms with Gasteiger partial charge in [0.2, 0.25) is 0 Å². The van der Waals surface area contributed by atoms with Crippen LogP contribution in [0.15, 0.2) is 18.3 Å². The van der Waals surface area contributed by atoms with Gasteiger partial charge >= 0.3 is 0 Å². The summed E-state index contributed by atoms with van der Waals surface area (Å²) in [6.07, 6.45) is 2.53. The van der Waals surface area contributed by atoms with Crippen LogP contribution in [0, 0.1) is 11.3 Å². The Hall–Kier alpha value is -1.64. The fourth-order valence-corrected chi connectivity index (χ4v) is 1.69. The third kappa shape index (κ3) is 4.32. The molecule has 1 rings (SSSR count). The van der Waals surface area contributed by atoms with Gasteiger partial charge in [-0.25, -0.2) is 4.98 Å². The highest BCUT2D eigenvalue weighted by Crippen LogP contribution is 2.17. The quantitative estimate of drug-likeness (QED) is 0.652. The molecule has 0 bridgehead atoms. The SMILES string of the molecule is COCCCN(CCOC)c1cccnc1C#N. The van der Waals surface area contributed by atoms with E-state index in [1.165, 1.54) is 0 Å². The summed E-state index contributed by atoms with van der Waals surface area (Å²) in [7, 11) is 3.35. The van der Waals surface area contributed by atoms with Gasteiger partial charge < -0.3 is 14.4 Å². The first-order chi connectivity index (χ1) is 8.83. The maximum absolute atomic E-state index is 9.07. The zero-order chi connectivity index (χ0) is 13.2. The summed E-state index contributed by atoms with van der Waals surface area (Å²) in [5.74, 6) is 0. The van der Waals surface area contributed by atoms with E-state index in [9.17, 15) is 0 Å². The number of rotatable bonds is 8. The standard InChI is InChI=1S/C13H19N3O2/c1-17-9-4-7-16(8-10-18-2)13-5-3-6-15-12(13)11-14/h3,5-6H,4,7-10H2,1-2H3. The number of nitrogens with zero attached hydrogens (tertiary/aromatic N) is 3. The number of hydrogen-bond donors (Lipinski definition) is 0. The number of hydrogen-bond acceptors (Lipinski definition) is 5. The van der Waals surface area contributed by atoms with Gasteiger partial charge in [-0.05, 0) is 18.6 Å². The van der Waals surface area contributed by atoms with Crippen LogP contribution >= 0.6 is 0 Å². The molecule has 0 fully saturated rings. The van der Waals surface area contributed by atoms with Crippen LogP contribution in [0.1, 0.15) is 12.1 Å². The minimum atomic E-state index is 0.450. The second kappa shape index (κ2) is 8.45. The van der Waals surface area contributed by atoms with Crippen LogP contribution in [0.25, 0.3) is 0 Å². The molecule has 1 aromatic rings. The van der Waals surface area contributed by atoms with E-state index in [1.54, 1.807) is 20.4 Å². The second-order valence-corrected chi connectivity index (χ2v) is 3.81. The molecule has 5 nitrogen and oxygen atoms in total. The van der Waals surface area contributed by atoms with Gasteiger partial charge in [0.15, 0.2) is 5.69 Å². The van der Waals surface area contributed by atoms with Gasteiger partial charge in [0.1, 0.15) is 6.07 Å². The molecular weight excluding hydrogens is 230 g/mol. The summed E-state index contributed by atoms with van der Waals surface area (Å²) in [6, 6.07) is 5.87. The van der Waals surface area contributed by atoms with Crippen LogP contribution in [0.3, 0.4) is 0 Å². The van der Waals surface area contributed by atoms with E-state index in [-0.39, 0.29) is 0 Å². The van der Waals surface area contributed by atoms with Crippen molar-refractivity contribution in [2.24, 2.45) is 0 Å². The Morgan fingerprint density at radius 3 is 2.72 bits per heavy atom. The minimum absolute atomic E-state index is 0.450. The molecule has 0 radical (unpaired) electrons. The molecule has 0 amide bonds. The Kier molecular flexibility index (Phi) is 6.77. The molecule has 0 saturated carbocycles. The molecule has 18 heavy (non-hydrogen) atoms. The lowest BCUT2D eigenvalue weighted by molar-refractivity contribution is 0.191. The Morgan fingerprint density at radius 1 is 1.28 bits per heavy atom. The molecule has 0 saturated heterocycles. The molecule has 0 aliphatic carbocycles. The largest absolute Gasteiger partial charge is 0.385 e. The highest BCUT2D eigenvalue weighted by atomic mass is 16.5. The van der Waals surface area contributed by atoms with Crippen LogP contribution in [-0.4, -0.2) is 45.5 Å².